The Bertz CT molecular complexity index is 338. The number of carboxylic acids is 1. The second-order valence-corrected chi connectivity index (χ2v) is 6.03. The Kier molecular flexibility index (Phi) is 4.80. The fourth-order valence-corrected chi connectivity index (χ4v) is 3.21. The van der Waals surface area contributed by atoms with Crippen LogP contribution in [-0.2, 0) is 9.59 Å². The van der Waals surface area contributed by atoms with Crippen LogP contribution in [0.15, 0.2) is 0 Å². The molecule has 0 aromatic rings. The highest BCUT2D eigenvalue weighted by Gasteiger charge is 2.33. The molecule has 2 N–H and O–H groups in total. The molecule has 5 heteroatoms. The van der Waals surface area contributed by atoms with Crippen molar-refractivity contribution in [1.82, 2.24) is 10.2 Å². The van der Waals surface area contributed by atoms with Crippen molar-refractivity contribution in [2.75, 3.05) is 19.6 Å². The highest BCUT2D eigenvalue weighted by Crippen LogP contribution is 2.29. The topological polar surface area (TPSA) is 69.6 Å². The molecule has 1 amide bonds. The zero-order valence-electron chi connectivity index (χ0n) is 11.6. The molecule has 0 radical (unpaired) electrons. The fourth-order valence-electron chi connectivity index (χ4n) is 3.21. The lowest BCUT2D eigenvalue weighted by molar-refractivity contribution is -0.143. The maximum absolute atomic E-state index is 11.8. The average molecular weight is 268 g/mol. The van der Waals surface area contributed by atoms with Crippen LogP contribution in [0.5, 0.6) is 0 Å². The first-order valence-electron chi connectivity index (χ1n) is 7.30. The molecule has 1 aliphatic heterocycles. The summed E-state index contributed by atoms with van der Waals surface area (Å²) < 4.78 is 0. The van der Waals surface area contributed by atoms with E-state index in [2.05, 4.69) is 17.1 Å². The first-order valence-corrected chi connectivity index (χ1v) is 7.30. The molecule has 5 nitrogen and oxygen atoms in total. The van der Waals surface area contributed by atoms with E-state index in [4.69, 9.17) is 5.11 Å². The van der Waals surface area contributed by atoms with E-state index in [1.165, 1.54) is 25.7 Å². The van der Waals surface area contributed by atoms with E-state index in [1.54, 1.807) is 0 Å². The average Bonchev–Trinajstić information content (AvgIpc) is 2.36. The van der Waals surface area contributed by atoms with Crippen LogP contribution in [0.3, 0.4) is 0 Å². The number of rotatable bonds is 4. The van der Waals surface area contributed by atoms with E-state index >= 15 is 0 Å². The van der Waals surface area contributed by atoms with Crippen LogP contribution >= 0.6 is 0 Å². The normalized spacial score (nSPS) is 32.9. The van der Waals surface area contributed by atoms with Crippen LogP contribution in [0.2, 0.25) is 0 Å². The van der Waals surface area contributed by atoms with Crippen LogP contribution in [0.1, 0.15) is 39.0 Å². The smallest absolute Gasteiger partial charge is 0.305 e. The van der Waals surface area contributed by atoms with Gasteiger partial charge in [0.1, 0.15) is 0 Å². The minimum atomic E-state index is -0.899. The van der Waals surface area contributed by atoms with E-state index in [-0.39, 0.29) is 12.3 Å². The van der Waals surface area contributed by atoms with Gasteiger partial charge in [-0.05, 0) is 24.7 Å². The lowest BCUT2D eigenvalue weighted by Crippen LogP contribution is -2.57. The SMILES string of the molecule is CC1CCC(CN2CCNC(=O)C2CC(=O)O)CC1. The molecular formula is C14H24N2O3. The molecule has 1 aliphatic carbocycles. The first-order chi connectivity index (χ1) is 9.06. The summed E-state index contributed by atoms with van der Waals surface area (Å²) in [6, 6.07) is -0.481. The van der Waals surface area contributed by atoms with E-state index < -0.39 is 12.0 Å². The summed E-state index contributed by atoms with van der Waals surface area (Å²) in [6.07, 6.45) is 4.84. The second kappa shape index (κ2) is 6.37. The van der Waals surface area contributed by atoms with Crippen molar-refractivity contribution in [2.24, 2.45) is 11.8 Å². The number of carboxylic acid groups (broad SMARTS) is 1. The third-order valence-electron chi connectivity index (χ3n) is 4.44. The number of amides is 1. The molecule has 2 fully saturated rings. The molecule has 108 valence electrons. The van der Waals surface area contributed by atoms with Gasteiger partial charge in [-0.2, -0.15) is 0 Å². The Balaban J connectivity index is 1.92. The standard InChI is InChI=1S/C14H24N2O3/c1-10-2-4-11(5-3-10)9-16-7-6-15-14(19)12(16)8-13(17)18/h10-12H,2-9H2,1H3,(H,15,19)(H,17,18). The Morgan fingerprint density at radius 1 is 1.37 bits per heavy atom. The fraction of sp³-hybridized carbons (Fsp3) is 0.857. The molecule has 1 unspecified atom stereocenters. The first kappa shape index (κ1) is 14.3. The number of carbonyl (C=O) groups is 2. The largest absolute Gasteiger partial charge is 0.481 e. The van der Waals surface area contributed by atoms with Crippen LogP contribution < -0.4 is 5.32 Å². The minimum Gasteiger partial charge on any atom is -0.481 e. The van der Waals surface area contributed by atoms with Crippen molar-refractivity contribution in [1.29, 1.82) is 0 Å². The number of carbonyl (C=O) groups excluding carboxylic acids is 1. The number of nitrogens with one attached hydrogen (secondary N) is 1. The molecule has 0 aromatic carbocycles. The lowest BCUT2D eigenvalue weighted by Gasteiger charge is -2.38. The molecule has 0 spiro atoms. The second-order valence-electron chi connectivity index (χ2n) is 6.03. The van der Waals surface area contributed by atoms with Gasteiger partial charge in [0.05, 0.1) is 12.5 Å². The maximum Gasteiger partial charge on any atom is 0.305 e. The van der Waals surface area contributed by atoms with E-state index in [9.17, 15) is 9.59 Å². The van der Waals surface area contributed by atoms with Gasteiger partial charge in [-0.1, -0.05) is 19.8 Å². The van der Waals surface area contributed by atoms with Gasteiger partial charge in [0.15, 0.2) is 0 Å². The van der Waals surface area contributed by atoms with Crippen LogP contribution in [0.4, 0.5) is 0 Å². The van der Waals surface area contributed by atoms with Gasteiger partial charge >= 0.3 is 5.97 Å². The Morgan fingerprint density at radius 2 is 2.05 bits per heavy atom. The molecule has 0 bridgehead atoms. The van der Waals surface area contributed by atoms with Gasteiger partial charge < -0.3 is 10.4 Å². The molecule has 0 aromatic heterocycles. The number of nitrogens with zero attached hydrogens (tertiary/aromatic N) is 1. The van der Waals surface area contributed by atoms with Gasteiger partial charge in [0, 0.05) is 19.6 Å². The van der Waals surface area contributed by atoms with Gasteiger partial charge in [0.25, 0.3) is 0 Å². The van der Waals surface area contributed by atoms with Crippen molar-refractivity contribution in [2.45, 2.75) is 45.1 Å². The highest BCUT2D eigenvalue weighted by atomic mass is 16.4. The van der Waals surface area contributed by atoms with Gasteiger partial charge in [0.2, 0.25) is 5.91 Å². The molecule has 1 heterocycles. The van der Waals surface area contributed by atoms with Crippen LogP contribution in [0, 0.1) is 11.8 Å². The summed E-state index contributed by atoms with van der Waals surface area (Å²) in [5.74, 6) is 0.413. The number of hydrogen-bond donors (Lipinski definition) is 2. The Hall–Kier alpha value is -1.10. The van der Waals surface area contributed by atoms with Gasteiger partial charge in [-0.15, -0.1) is 0 Å². The molecule has 1 saturated carbocycles. The van der Waals surface area contributed by atoms with E-state index in [0.29, 0.717) is 12.5 Å². The van der Waals surface area contributed by atoms with Gasteiger partial charge in [-0.3, -0.25) is 14.5 Å². The summed E-state index contributed by atoms with van der Waals surface area (Å²) in [5, 5.41) is 11.7. The Labute approximate surface area is 114 Å². The Morgan fingerprint density at radius 3 is 2.68 bits per heavy atom. The molecule has 1 atom stereocenters. The zero-order chi connectivity index (χ0) is 13.8. The highest BCUT2D eigenvalue weighted by molar-refractivity contribution is 5.86. The minimum absolute atomic E-state index is 0.0883. The lowest BCUT2D eigenvalue weighted by atomic mass is 9.82. The monoisotopic (exact) mass is 268 g/mol. The predicted molar refractivity (Wildman–Crippen MR) is 71.7 cm³/mol. The number of piperazine rings is 1. The van der Waals surface area contributed by atoms with Crippen molar-refractivity contribution in [3.8, 4) is 0 Å². The summed E-state index contributed by atoms with van der Waals surface area (Å²) in [5.41, 5.74) is 0. The van der Waals surface area contributed by atoms with E-state index in [1.807, 2.05) is 0 Å². The number of aliphatic carboxylic acids is 1. The van der Waals surface area contributed by atoms with Crippen molar-refractivity contribution in [3.05, 3.63) is 0 Å². The van der Waals surface area contributed by atoms with Crippen LogP contribution in [0.25, 0.3) is 0 Å². The zero-order valence-corrected chi connectivity index (χ0v) is 11.6. The molecular weight excluding hydrogens is 244 g/mol. The molecule has 2 rings (SSSR count). The third-order valence-corrected chi connectivity index (χ3v) is 4.44. The maximum atomic E-state index is 11.8. The van der Waals surface area contributed by atoms with Crippen molar-refractivity contribution >= 4 is 11.9 Å². The predicted octanol–water partition coefficient (Wildman–Crippen LogP) is 1.09. The quantitative estimate of drug-likeness (QED) is 0.800. The van der Waals surface area contributed by atoms with Crippen molar-refractivity contribution < 1.29 is 14.7 Å². The number of hydrogen-bond acceptors (Lipinski definition) is 3. The van der Waals surface area contributed by atoms with E-state index in [0.717, 1.165) is 19.0 Å². The summed E-state index contributed by atoms with van der Waals surface area (Å²) in [7, 11) is 0. The van der Waals surface area contributed by atoms with Gasteiger partial charge in [-0.25, -0.2) is 0 Å². The van der Waals surface area contributed by atoms with Crippen molar-refractivity contribution in [3.63, 3.8) is 0 Å². The molecule has 2 aliphatic rings. The summed E-state index contributed by atoms with van der Waals surface area (Å²) in [6.45, 7) is 4.57. The third kappa shape index (κ3) is 3.93. The van der Waals surface area contributed by atoms with Crippen LogP contribution in [-0.4, -0.2) is 47.6 Å². The summed E-state index contributed by atoms with van der Waals surface area (Å²) >= 11 is 0. The molecule has 19 heavy (non-hydrogen) atoms. The summed E-state index contributed by atoms with van der Waals surface area (Å²) in [4.78, 5) is 24.8. The molecule has 1 saturated heterocycles.